The quantitative estimate of drug-likeness (QED) is 0.668. The van der Waals surface area contributed by atoms with Crippen LogP contribution in [0, 0.1) is 0 Å². The van der Waals surface area contributed by atoms with Gasteiger partial charge in [0.25, 0.3) is 11.8 Å². The first-order chi connectivity index (χ1) is 13.6. The first kappa shape index (κ1) is 18.3. The molecule has 3 aromatic rings. The molecule has 7 heteroatoms. The summed E-state index contributed by atoms with van der Waals surface area (Å²) in [5.74, 6) is -0.346. The van der Waals surface area contributed by atoms with Gasteiger partial charge in [0.05, 0.1) is 18.3 Å². The third kappa shape index (κ3) is 4.40. The number of nitrogens with zero attached hydrogens (tertiary/aromatic N) is 2. The largest absolute Gasteiger partial charge is 0.349 e. The zero-order valence-corrected chi connectivity index (χ0v) is 15.8. The van der Waals surface area contributed by atoms with Crippen LogP contribution in [0.4, 0.5) is 5.69 Å². The van der Waals surface area contributed by atoms with Crippen LogP contribution < -0.4 is 10.6 Å². The molecule has 1 saturated carbocycles. The van der Waals surface area contributed by atoms with Crippen LogP contribution in [0.25, 0.3) is 0 Å². The second-order valence-corrected chi connectivity index (χ2v) is 7.20. The number of aromatic nitrogens is 2. The van der Waals surface area contributed by atoms with Gasteiger partial charge >= 0.3 is 0 Å². The number of anilines is 1. The molecule has 0 spiro atoms. The van der Waals surface area contributed by atoms with Gasteiger partial charge in [0.1, 0.15) is 0 Å². The van der Waals surface area contributed by atoms with Crippen LogP contribution in [0.2, 0.25) is 5.02 Å². The Balaban J connectivity index is 1.37. The number of nitrogens with one attached hydrogen (secondary N) is 2. The number of benzene rings is 2. The molecule has 6 nitrogen and oxygen atoms in total. The first-order valence-corrected chi connectivity index (χ1v) is 9.44. The highest BCUT2D eigenvalue weighted by atomic mass is 35.5. The highest BCUT2D eigenvalue weighted by Crippen LogP contribution is 2.20. The van der Waals surface area contributed by atoms with Crippen molar-refractivity contribution in [2.24, 2.45) is 0 Å². The average molecular weight is 395 g/mol. The smallest absolute Gasteiger partial charge is 0.258 e. The fourth-order valence-electron chi connectivity index (χ4n) is 2.77. The fraction of sp³-hybridized carbons (Fsp3) is 0.190. The normalized spacial score (nSPS) is 13.2. The van der Waals surface area contributed by atoms with E-state index >= 15 is 0 Å². The van der Waals surface area contributed by atoms with E-state index in [1.165, 1.54) is 6.20 Å². The van der Waals surface area contributed by atoms with E-state index in [9.17, 15) is 9.59 Å². The van der Waals surface area contributed by atoms with Gasteiger partial charge < -0.3 is 10.6 Å². The van der Waals surface area contributed by atoms with Crippen LogP contribution in [0.1, 0.15) is 39.1 Å². The van der Waals surface area contributed by atoms with Gasteiger partial charge in [0.2, 0.25) is 0 Å². The summed E-state index contributed by atoms with van der Waals surface area (Å²) in [5, 5.41) is 10.6. The molecule has 28 heavy (non-hydrogen) atoms. The molecule has 0 saturated heterocycles. The fourth-order valence-corrected chi connectivity index (χ4v) is 2.97. The Bertz CT molecular complexity index is 1010. The van der Waals surface area contributed by atoms with Crippen molar-refractivity contribution in [3.05, 3.63) is 82.6 Å². The van der Waals surface area contributed by atoms with Crippen LogP contribution in [-0.4, -0.2) is 27.6 Å². The maximum Gasteiger partial charge on any atom is 0.258 e. The van der Waals surface area contributed by atoms with Gasteiger partial charge in [-0.2, -0.15) is 5.10 Å². The van der Waals surface area contributed by atoms with E-state index in [2.05, 4.69) is 15.7 Å². The van der Waals surface area contributed by atoms with Crippen molar-refractivity contribution in [1.82, 2.24) is 15.1 Å². The Morgan fingerprint density at radius 2 is 1.79 bits per heavy atom. The Kier molecular flexibility index (Phi) is 5.12. The van der Waals surface area contributed by atoms with E-state index in [4.69, 9.17) is 11.6 Å². The number of hydrogen-bond acceptors (Lipinski definition) is 3. The SMILES string of the molecule is O=C(Nc1ccc(C(=O)NC2CC2)cc1)c1cnn(Cc2ccccc2Cl)c1. The molecule has 2 amide bonds. The van der Waals surface area contributed by atoms with E-state index in [-0.39, 0.29) is 11.8 Å². The van der Waals surface area contributed by atoms with Gasteiger partial charge in [-0.15, -0.1) is 0 Å². The molecular formula is C21H19ClN4O2. The molecule has 0 atom stereocenters. The van der Waals surface area contributed by atoms with Gasteiger partial charge in [-0.1, -0.05) is 29.8 Å². The van der Waals surface area contributed by atoms with Crippen LogP contribution >= 0.6 is 11.6 Å². The number of amides is 2. The van der Waals surface area contributed by atoms with Crippen molar-refractivity contribution in [2.45, 2.75) is 25.4 Å². The highest BCUT2D eigenvalue weighted by molar-refractivity contribution is 6.31. The Morgan fingerprint density at radius 1 is 1.04 bits per heavy atom. The molecule has 1 aliphatic rings. The third-order valence-electron chi connectivity index (χ3n) is 4.50. The lowest BCUT2D eigenvalue weighted by atomic mass is 10.2. The number of carbonyl (C=O) groups excluding carboxylic acids is 2. The maximum absolute atomic E-state index is 12.4. The lowest BCUT2D eigenvalue weighted by Gasteiger charge is -2.06. The molecule has 0 unspecified atom stereocenters. The molecule has 2 aromatic carbocycles. The molecule has 142 valence electrons. The summed E-state index contributed by atoms with van der Waals surface area (Å²) in [7, 11) is 0. The summed E-state index contributed by atoms with van der Waals surface area (Å²) in [6, 6.07) is 14.7. The maximum atomic E-state index is 12.4. The lowest BCUT2D eigenvalue weighted by molar-refractivity contribution is 0.0950. The van der Waals surface area contributed by atoms with Crippen molar-refractivity contribution in [3.8, 4) is 0 Å². The molecule has 0 aliphatic heterocycles. The van der Waals surface area contributed by atoms with Gasteiger partial charge in [-0.05, 0) is 48.7 Å². The standard InChI is InChI=1S/C21H19ClN4O2/c22-19-4-2-1-3-15(19)12-26-13-16(11-23-26)21(28)25-17-7-5-14(6-8-17)20(27)24-18-9-10-18/h1-8,11,13,18H,9-10,12H2,(H,24,27)(H,25,28). The Labute approximate surface area is 167 Å². The minimum absolute atomic E-state index is 0.0822. The Hall–Kier alpha value is -3.12. The molecular weight excluding hydrogens is 376 g/mol. The second kappa shape index (κ2) is 7.86. The first-order valence-electron chi connectivity index (χ1n) is 9.06. The molecule has 1 aliphatic carbocycles. The van der Waals surface area contributed by atoms with Crippen LogP contribution in [-0.2, 0) is 6.54 Å². The highest BCUT2D eigenvalue weighted by Gasteiger charge is 2.23. The third-order valence-corrected chi connectivity index (χ3v) is 4.87. The van der Waals surface area contributed by atoms with E-state index in [1.807, 2.05) is 24.3 Å². The summed E-state index contributed by atoms with van der Waals surface area (Å²) in [6.45, 7) is 0.484. The Morgan fingerprint density at radius 3 is 2.50 bits per heavy atom. The van der Waals surface area contributed by atoms with Crippen LogP contribution in [0.3, 0.4) is 0 Å². The molecule has 1 fully saturated rings. The predicted octanol–water partition coefficient (Wildman–Crippen LogP) is 3.73. The number of halogens is 1. The summed E-state index contributed by atoms with van der Waals surface area (Å²) in [6.07, 6.45) is 5.29. The topological polar surface area (TPSA) is 76.0 Å². The summed E-state index contributed by atoms with van der Waals surface area (Å²) in [4.78, 5) is 24.5. The molecule has 4 rings (SSSR count). The lowest BCUT2D eigenvalue weighted by Crippen LogP contribution is -2.25. The van der Waals surface area contributed by atoms with Gasteiger partial charge in [-0.3, -0.25) is 14.3 Å². The van der Waals surface area contributed by atoms with Gasteiger partial charge in [0.15, 0.2) is 0 Å². The van der Waals surface area contributed by atoms with Crippen LogP contribution in [0.15, 0.2) is 60.9 Å². The van der Waals surface area contributed by atoms with E-state index < -0.39 is 0 Å². The summed E-state index contributed by atoms with van der Waals surface area (Å²) < 4.78 is 1.67. The molecule has 2 N–H and O–H groups in total. The molecule has 0 radical (unpaired) electrons. The minimum Gasteiger partial charge on any atom is -0.349 e. The zero-order valence-electron chi connectivity index (χ0n) is 15.1. The van der Waals surface area contributed by atoms with Crippen molar-refractivity contribution < 1.29 is 9.59 Å². The number of carbonyl (C=O) groups is 2. The second-order valence-electron chi connectivity index (χ2n) is 6.80. The van der Waals surface area contributed by atoms with Gasteiger partial charge in [0, 0.05) is 28.5 Å². The zero-order chi connectivity index (χ0) is 19.5. The van der Waals surface area contributed by atoms with Crippen molar-refractivity contribution >= 4 is 29.1 Å². The van der Waals surface area contributed by atoms with Gasteiger partial charge in [-0.25, -0.2) is 0 Å². The average Bonchev–Trinajstić information content (AvgIpc) is 3.38. The van der Waals surface area contributed by atoms with Crippen molar-refractivity contribution in [2.75, 3.05) is 5.32 Å². The van der Waals surface area contributed by atoms with Crippen molar-refractivity contribution in [1.29, 1.82) is 0 Å². The van der Waals surface area contributed by atoms with E-state index in [0.717, 1.165) is 18.4 Å². The number of rotatable bonds is 6. The summed E-state index contributed by atoms with van der Waals surface area (Å²) >= 11 is 6.17. The number of hydrogen-bond donors (Lipinski definition) is 2. The van der Waals surface area contributed by atoms with E-state index in [1.54, 1.807) is 35.1 Å². The summed E-state index contributed by atoms with van der Waals surface area (Å²) in [5.41, 5.74) is 2.58. The van der Waals surface area contributed by atoms with Crippen molar-refractivity contribution in [3.63, 3.8) is 0 Å². The molecule has 1 heterocycles. The van der Waals surface area contributed by atoms with E-state index in [0.29, 0.717) is 34.4 Å². The monoisotopic (exact) mass is 394 g/mol. The van der Waals surface area contributed by atoms with Crippen LogP contribution in [0.5, 0.6) is 0 Å². The molecule has 1 aromatic heterocycles. The predicted molar refractivity (Wildman–Crippen MR) is 108 cm³/mol. The molecule has 0 bridgehead atoms. The minimum atomic E-state index is -0.263.